The zero-order chi connectivity index (χ0) is 12.3. The van der Waals surface area contributed by atoms with Gasteiger partial charge in [-0.3, -0.25) is 0 Å². The highest BCUT2D eigenvalue weighted by Gasteiger charge is 2.07. The van der Waals surface area contributed by atoms with Crippen LogP contribution in [0.3, 0.4) is 0 Å². The third kappa shape index (κ3) is 2.57. The summed E-state index contributed by atoms with van der Waals surface area (Å²) < 4.78 is 5.20. The van der Waals surface area contributed by atoms with Crippen LogP contribution < -0.4 is 4.74 Å². The largest absolute Gasteiger partial charge is 0.497 e. The maximum Gasteiger partial charge on any atom is 0.119 e. The van der Waals surface area contributed by atoms with E-state index in [4.69, 9.17) is 9.84 Å². The summed E-state index contributed by atoms with van der Waals surface area (Å²) >= 11 is 0. The Bertz CT molecular complexity index is 508. The lowest BCUT2D eigenvalue weighted by Crippen LogP contribution is -2.15. The number of methoxy groups -OCH3 is 1. The summed E-state index contributed by atoms with van der Waals surface area (Å²) in [6.07, 6.45) is -0.270. The molecule has 0 fully saturated rings. The Morgan fingerprint density at radius 1 is 1.24 bits per heavy atom. The molecule has 17 heavy (non-hydrogen) atoms. The summed E-state index contributed by atoms with van der Waals surface area (Å²) in [7, 11) is 1.63. The first-order valence-electron chi connectivity index (χ1n) is 5.59. The Balaban J connectivity index is 2.46. The van der Waals surface area contributed by atoms with Gasteiger partial charge in [-0.1, -0.05) is 24.3 Å². The van der Waals surface area contributed by atoms with E-state index in [9.17, 15) is 5.11 Å². The van der Waals surface area contributed by atoms with Crippen molar-refractivity contribution in [3.8, 4) is 5.75 Å². The molecule has 3 nitrogen and oxygen atoms in total. The fourth-order valence-corrected chi connectivity index (χ4v) is 1.94. The number of ether oxygens (including phenoxy) is 1. The van der Waals surface area contributed by atoms with E-state index >= 15 is 0 Å². The molecule has 0 aliphatic heterocycles. The predicted molar refractivity (Wildman–Crippen MR) is 67.3 cm³/mol. The van der Waals surface area contributed by atoms with Gasteiger partial charge in [-0.15, -0.1) is 0 Å². The number of fused-ring (bicyclic) bond motifs is 1. The molecule has 2 aromatic rings. The number of hydrogen-bond donors (Lipinski definition) is 2. The fraction of sp³-hybridized carbons (Fsp3) is 0.286. The first-order valence-corrected chi connectivity index (χ1v) is 5.59. The minimum atomic E-state index is -0.716. The maximum atomic E-state index is 9.52. The van der Waals surface area contributed by atoms with Crippen LogP contribution in [0.25, 0.3) is 10.8 Å². The Kier molecular flexibility index (Phi) is 3.61. The van der Waals surface area contributed by atoms with Crippen LogP contribution in [0.2, 0.25) is 0 Å². The number of aliphatic hydroxyl groups excluding tert-OH is 2. The topological polar surface area (TPSA) is 49.7 Å². The van der Waals surface area contributed by atoms with E-state index in [-0.39, 0.29) is 6.61 Å². The molecule has 0 spiro atoms. The SMILES string of the molecule is COc1ccc2cccc(CC(O)CO)c2c1. The van der Waals surface area contributed by atoms with Crippen LogP contribution in [-0.4, -0.2) is 30.0 Å². The average molecular weight is 232 g/mol. The molecule has 0 aliphatic carbocycles. The molecule has 0 radical (unpaired) electrons. The minimum absolute atomic E-state index is 0.222. The smallest absolute Gasteiger partial charge is 0.119 e. The van der Waals surface area contributed by atoms with Gasteiger partial charge in [0.1, 0.15) is 5.75 Å². The van der Waals surface area contributed by atoms with E-state index in [1.807, 2.05) is 36.4 Å². The van der Waals surface area contributed by atoms with Gasteiger partial charge in [-0.25, -0.2) is 0 Å². The Morgan fingerprint density at radius 3 is 2.76 bits per heavy atom. The van der Waals surface area contributed by atoms with Crippen molar-refractivity contribution in [3.63, 3.8) is 0 Å². The van der Waals surface area contributed by atoms with E-state index in [2.05, 4.69) is 0 Å². The Morgan fingerprint density at radius 2 is 2.06 bits per heavy atom. The van der Waals surface area contributed by atoms with Gasteiger partial charge < -0.3 is 14.9 Å². The summed E-state index contributed by atoms with van der Waals surface area (Å²) in [4.78, 5) is 0. The molecule has 1 atom stereocenters. The molecule has 0 heterocycles. The lowest BCUT2D eigenvalue weighted by Gasteiger charge is -2.11. The van der Waals surface area contributed by atoms with E-state index in [1.54, 1.807) is 7.11 Å². The monoisotopic (exact) mass is 232 g/mol. The Labute approximate surface area is 100 Å². The van der Waals surface area contributed by atoms with Gasteiger partial charge in [0.2, 0.25) is 0 Å². The minimum Gasteiger partial charge on any atom is -0.497 e. The second-order valence-electron chi connectivity index (χ2n) is 4.04. The van der Waals surface area contributed by atoms with Crippen molar-refractivity contribution in [2.45, 2.75) is 12.5 Å². The van der Waals surface area contributed by atoms with Gasteiger partial charge in [0.15, 0.2) is 0 Å². The molecule has 0 bridgehead atoms. The van der Waals surface area contributed by atoms with E-state index in [1.165, 1.54) is 0 Å². The zero-order valence-electron chi connectivity index (χ0n) is 9.76. The van der Waals surface area contributed by atoms with Gasteiger partial charge in [0.25, 0.3) is 0 Å². The molecule has 0 saturated heterocycles. The van der Waals surface area contributed by atoms with Crippen LogP contribution in [0.4, 0.5) is 0 Å². The molecule has 2 aromatic carbocycles. The molecule has 0 saturated carbocycles. The van der Waals surface area contributed by atoms with Crippen LogP contribution in [0.15, 0.2) is 36.4 Å². The first kappa shape index (κ1) is 11.9. The summed E-state index contributed by atoms with van der Waals surface area (Å²) in [5.41, 5.74) is 1.02. The quantitative estimate of drug-likeness (QED) is 0.844. The number of aliphatic hydroxyl groups is 2. The lowest BCUT2D eigenvalue weighted by molar-refractivity contribution is 0.0957. The van der Waals surface area contributed by atoms with E-state index in [0.717, 1.165) is 22.1 Å². The van der Waals surface area contributed by atoms with Gasteiger partial charge in [0, 0.05) is 6.42 Å². The fourth-order valence-electron chi connectivity index (χ4n) is 1.94. The lowest BCUT2D eigenvalue weighted by atomic mass is 10.00. The molecule has 0 aliphatic rings. The van der Waals surface area contributed by atoms with Crippen molar-refractivity contribution < 1.29 is 14.9 Å². The van der Waals surface area contributed by atoms with Crippen molar-refractivity contribution in [2.75, 3.05) is 13.7 Å². The molecule has 90 valence electrons. The summed E-state index contributed by atoms with van der Waals surface area (Å²) in [6, 6.07) is 11.8. The van der Waals surface area contributed by atoms with Crippen LogP contribution in [0, 0.1) is 0 Å². The van der Waals surface area contributed by atoms with Crippen LogP contribution in [0.5, 0.6) is 5.75 Å². The van der Waals surface area contributed by atoms with Crippen LogP contribution in [-0.2, 0) is 6.42 Å². The van der Waals surface area contributed by atoms with E-state index in [0.29, 0.717) is 6.42 Å². The molecule has 2 N–H and O–H groups in total. The van der Waals surface area contributed by atoms with Gasteiger partial charge in [-0.2, -0.15) is 0 Å². The standard InChI is InChI=1S/C14H16O3/c1-17-13-6-5-10-3-2-4-11(14(10)8-13)7-12(16)9-15/h2-6,8,12,15-16H,7,9H2,1H3. The summed E-state index contributed by atoms with van der Waals surface area (Å²) in [5, 5.41) is 20.6. The highest BCUT2D eigenvalue weighted by Crippen LogP contribution is 2.24. The third-order valence-electron chi connectivity index (χ3n) is 2.85. The zero-order valence-corrected chi connectivity index (χ0v) is 9.76. The molecule has 2 rings (SSSR count). The highest BCUT2D eigenvalue weighted by molar-refractivity contribution is 5.87. The normalized spacial score (nSPS) is 12.6. The van der Waals surface area contributed by atoms with Crippen molar-refractivity contribution in [1.29, 1.82) is 0 Å². The van der Waals surface area contributed by atoms with Crippen LogP contribution >= 0.6 is 0 Å². The van der Waals surface area contributed by atoms with Crippen molar-refractivity contribution in [3.05, 3.63) is 42.0 Å². The maximum absolute atomic E-state index is 9.52. The third-order valence-corrected chi connectivity index (χ3v) is 2.85. The summed E-state index contributed by atoms with van der Waals surface area (Å²) in [6.45, 7) is -0.222. The number of rotatable bonds is 4. The molecule has 3 heteroatoms. The molecule has 0 amide bonds. The second-order valence-corrected chi connectivity index (χ2v) is 4.04. The molecule has 1 unspecified atom stereocenters. The van der Waals surface area contributed by atoms with Gasteiger partial charge >= 0.3 is 0 Å². The molecular weight excluding hydrogens is 216 g/mol. The van der Waals surface area contributed by atoms with Crippen molar-refractivity contribution in [2.24, 2.45) is 0 Å². The molecular formula is C14H16O3. The molecule has 0 aromatic heterocycles. The summed E-state index contributed by atoms with van der Waals surface area (Å²) in [5.74, 6) is 0.795. The second kappa shape index (κ2) is 5.17. The average Bonchev–Trinajstić information content (AvgIpc) is 2.38. The van der Waals surface area contributed by atoms with Crippen molar-refractivity contribution in [1.82, 2.24) is 0 Å². The number of benzene rings is 2. The number of hydrogen-bond acceptors (Lipinski definition) is 3. The predicted octanol–water partition coefficient (Wildman–Crippen LogP) is 1.74. The highest BCUT2D eigenvalue weighted by atomic mass is 16.5. The first-order chi connectivity index (χ1) is 8.24. The van der Waals surface area contributed by atoms with Gasteiger partial charge in [0.05, 0.1) is 19.8 Å². The van der Waals surface area contributed by atoms with Crippen molar-refractivity contribution >= 4 is 10.8 Å². The Hall–Kier alpha value is -1.58. The van der Waals surface area contributed by atoms with Gasteiger partial charge in [-0.05, 0) is 28.5 Å². The van der Waals surface area contributed by atoms with Crippen LogP contribution in [0.1, 0.15) is 5.56 Å². The van der Waals surface area contributed by atoms with E-state index < -0.39 is 6.10 Å².